The third kappa shape index (κ3) is 2.34. The fourth-order valence-corrected chi connectivity index (χ4v) is 2.94. The van der Waals surface area contributed by atoms with Gasteiger partial charge in [-0.3, -0.25) is 9.59 Å². The summed E-state index contributed by atoms with van der Waals surface area (Å²) in [5, 5.41) is 0. The van der Waals surface area contributed by atoms with E-state index >= 15 is 0 Å². The van der Waals surface area contributed by atoms with Crippen LogP contribution in [0.25, 0.3) is 0 Å². The van der Waals surface area contributed by atoms with Gasteiger partial charge in [-0.1, -0.05) is 52.3 Å². The molecule has 20 heavy (non-hydrogen) atoms. The first-order valence-corrected chi connectivity index (χ1v) is 7.36. The van der Waals surface area contributed by atoms with Gasteiger partial charge in [0.05, 0.1) is 0 Å². The van der Waals surface area contributed by atoms with Gasteiger partial charge in [0.1, 0.15) is 11.7 Å². The lowest BCUT2D eigenvalue weighted by molar-refractivity contribution is -0.119. The van der Waals surface area contributed by atoms with Crippen molar-refractivity contribution in [3.8, 4) is 0 Å². The van der Waals surface area contributed by atoms with Crippen LogP contribution in [0.4, 0.5) is 0 Å². The molecule has 0 saturated carbocycles. The van der Waals surface area contributed by atoms with Crippen molar-refractivity contribution in [2.24, 2.45) is 0 Å². The fourth-order valence-electron chi connectivity index (χ4n) is 2.68. The van der Waals surface area contributed by atoms with E-state index in [0.29, 0.717) is 18.4 Å². The molecule has 1 unspecified atom stereocenters. The lowest BCUT2D eigenvalue weighted by Crippen LogP contribution is -2.20. The van der Waals surface area contributed by atoms with Crippen molar-refractivity contribution in [2.75, 3.05) is 0 Å². The molecule has 0 fully saturated rings. The van der Waals surface area contributed by atoms with Gasteiger partial charge >= 0.3 is 0 Å². The first-order valence-electron chi connectivity index (χ1n) is 6.57. The van der Waals surface area contributed by atoms with Crippen LogP contribution in [0, 0.1) is 0 Å². The van der Waals surface area contributed by atoms with Gasteiger partial charge in [-0.05, 0) is 29.7 Å². The van der Waals surface area contributed by atoms with Gasteiger partial charge in [0, 0.05) is 16.5 Å². The Kier molecular flexibility index (Phi) is 3.53. The minimum Gasteiger partial charge on any atom is -0.298 e. The van der Waals surface area contributed by atoms with Crippen LogP contribution < -0.4 is 0 Å². The molecule has 1 aliphatic carbocycles. The summed E-state index contributed by atoms with van der Waals surface area (Å²) in [4.78, 5) is 25.0. The average Bonchev–Trinajstić information content (AvgIpc) is 2.59. The van der Waals surface area contributed by atoms with E-state index in [0.717, 1.165) is 15.6 Å². The number of ketones is 2. The van der Waals surface area contributed by atoms with Crippen molar-refractivity contribution < 1.29 is 9.59 Å². The number of Topliss-reactive ketones (excluding diaryl/α,β-unsaturated/α-hetero) is 2. The molecule has 0 heterocycles. The van der Waals surface area contributed by atoms with Gasteiger partial charge in [0.15, 0.2) is 5.78 Å². The molecule has 0 spiro atoms. The van der Waals surface area contributed by atoms with Gasteiger partial charge < -0.3 is 0 Å². The maximum absolute atomic E-state index is 12.7. The number of fused-ring (bicyclic) bond motifs is 1. The monoisotopic (exact) mass is 328 g/mol. The van der Waals surface area contributed by atoms with Crippen molar-refractivity contribution in [3.63, 3.8) is 0 Å². The first kappa shape index (κ1) is 13.3. The number of halogens is 1. The normalized spacial score (nSPS) is 18.6. The summed E-state index contributed by atoms with van der Waals surface area (Å²) in [6, 6.07) is 14.9. The molecule has 0 radical (unpaired) electrons. The highest BCUT2D eigenvalue weighted by molar-refractivity contribution is 9.10. The lowest BCUT2D eigenvalue weighted by atomic mass is 9.88. The summed E-state index contributed by atoms with van der Waals surface area (Å²) in [6.45, 7) is 0. The third-order valence-corrected chi connectivity index (χ3v) is 4.24. The Morgan fingerprint density at radius 2 is 1.60 bits per heavy atom. The van der Waals surface area contributed by atoms with Crippen LogP contribution in [-0.4, -0.2) is 11.6 Å². The number of rotatable bonds is 1. The molecule has 1 aliphatic rings. The van der Waals surface area contributed by atoms with Crippen LogP contribution in [-0.2, 0) is 11.2 Å². The van der Waals surface area contributed by atoms with E-state index in [9.17, 15) is 9.59 Å². The summed E-state index contributed by atoms with van der Waals surface area (Å²) in [6.07, 6.45) is 1.07. The maximum atomic E-state index is 12.7. The minimum absolute atomic E-state index is 0.00789. The fraction of sp³-hybridized carbons (Fsp3) is 0.176. The van der Waals surface area contributed by atoms with Crippen molar-refractivity contribution in [3.05, 3.63) is 69.7 Å². The van der Waals surface area contributed by atoms with Gasteiger partial charge in [0.25, 0.3) is 0 Å². The van der Waals surface area contributed by atoms with E-state index in [1.807, 2.05) is 48.5 Å². The molecule has 1 atom stereocenters. The third-order valence-electron chi connectivity index (χ3n) is 3.71. The van der Waals surface area contributed by atoms with Gasteiger partial charge in [-0.15, -0.1) is 0 Å². The number of carbonyl (C=O) groups is 2. The number of hydrogen-bond acceptors (Lipinski definition) is 2. The van der Waals surface area contributed by atoms with Crippen LogP contribution in [0.1, 0.15) is 33.8 Å². The summed E-state index contributed by atoms with van der Waals surface area (Å²) in [7, 11) is 0. The van der Waals surface area contributed by atoms with E-state index in [1.165, 1.54) is 0 Å². The Labute approximate surface area is 125 Å². The molecule has 0 N–H and O–H groups in total. The van der Waals surface area contributed by atoms with Gasteiger partial charge in [-0.2, -0.15) is 0 Å². The zero-order chi connectivity index (χ0) is 14.1. The largest absolute Gasteiger partial charge is 0.298 e. The summed E-state index contributed by atoms with van der Waals surface area (Å²) < 4.78 is 0.940. The van der Waals surface area contributed by atoms with Crippen LogP contribution >= 0.6 is 15.9 Å². The highest BCUT2D eigenvalue weighted by Crippen LogP contribution is 2.30. The van der Waals surface area contributed by atoms with E-state index < -0.39 is 5.92 Å². The average molecular weight is 329 g/mol. The minimum atomic E-state index is -0.660. The molecular formula is C17H13BrO2. The number of aryl methyl sites for hydroxylation is 1. The quantitative estimate of drug-likeness (QED) is 0.587. The molecule has 0 bridgehead atoms. The summed E-state index contributed by atoms with van der Waals surface area (Å²) >= 11 is 3.37. The predicted molar refractivity (Wildman–Crippen MR) is 81.0 cm³/mol. The topological polar surface area (TPSA) is 34.1 Å². The Hall–Kier alpha value is -1.74. The van der Waals surface area contributed by atoms with E-state index in [2.05, 4.69) is 15.9 Å². The Balaban J connectivity index is 2.08. The SMILES string of the molecule is O=C1CCc2ccccc2C(=O)C1c1ccc(Br)cc1. The standard InChI is InChI=1S/C17H13BrO2/c18-13-8-5-12(6-9-13)16-15(19)10-7-11-3-1-2-4-14(11)17(16)20/h1-6,8-9,16H,7,10H2. The maximum Gasteiger partial charge on any atom is 0.178 e. The van der Waals surface area contributed by atoms with Crippen molar-refractivity contribution in [1.29, 1.82) is 0 Å². The van der Waals surface area contributed by atoms with Crippen molar-refractivity contribution in [1.82, 2.24) is 0 Å². The molecule has 0 aromatic heterocycles. The Bertz CT molecular complexity index is 674. The highest BCUT2D eigenvalue weighted by Gasteiger charge is 2.32. The van der Waals surface area contributed by atoms with Crippen LogP contribution in [0.3, 0.4) is 0 Å². The zero-order valence-electron chi connectivity index (χ0n) is 10.8. The van der Waals surface area contributed by atoms with Crippen molar-refractivity contribution >= 4 is 27.5 Å². The molecule has 3 rings (SSSR count). The summed E-state index contributed by atoms with van der Waals surface area (Å²) in [5.41, 5.74) is 2.44. The second kappa shape index (κ2) is 5.33. The molecule has 3 heteroatoms. The van der Waals surface area contributed by atoms with Crippen molar-refractivity contribution in [2.45, 2.75) is 18.8 Å². The van der Waals surface area contributed by atoms with E-state index in [-0.39, 0.29) is 11.6 Å². The smallest absolute Gasteiger partial charge is 0.178 e. The molecular weight excluding hydrogens is 316 g/mol. The molecule has 2 aromatic rings. The van der Waals surface area contributed by atoms with Crippen LogP contribution in [0.15, 0.2) is 53.0 Å². The van der Waals surface area contributed by atoms with Crippen LogP contribution in [0.5, 0.6) is 0 Å². The van der Waals surface area contributed by atoms with E-state index in [1.54, 1.807) is 0 Å². The molecule has 0 amide bonds. The second-order valence-corrected chi connectivity index (χ2v) is 5.89. The number of carbonyl (C=O) groups excluding carboxylic acids is 2. The Morgan fingerprint density at radius 3 is 2.35 bits per heavy atom. The number of benzene rings is 2. The summed E-state index contributed by atoms with van der Waals surface area (Å²) in [5.74, 6) is -0.731. The zero-order valence-corrected chi connectivity index (χ0v) is 12.4. The highest BCUT2D eigenvalue weighted by atomic mass is 79.9. The Morgan fingerprint density at radius 1 is 0.900 bits per heavy atom. The molecule has 2 nitrogen and oxygen atoms in total. The van der Waals surface area contributed by atoms with Gasteiger partial charge in [0.2, 0.25) is 0 Å². The van der Waals surface area contributed by atoms with Gasteiger partial charge in [-0.25, -0.2) is 0 Å². The lowest BCUT2D eigenvalue weighted by Gasteiger charge is -2.13. The first-order chi connectivity index (χ1) is 9.66. The predicted octanol–water partition coefficient (Wildman–Crippen LogP) is 3.93. The molecule has 0 aliphatic heterocycles. The molecule has 100 valence electrons. The van der Waals surface area contributed by atoms with E-state index in [4.69, 9.17) is 0 Å². The molecule has 2 aromatic carbocycles. The molecule has 0 saturated heterocycles. The van der Waals surface area contributed by atoms with Crippen LogP contribution in [0.2, 0.25) is 0 Å². The second-order valence-electron chi connectivity index (χ2n) is 4.97. The number of hydrogen-bond donors (Lipinski definition) is 0.